The Morgan fingerprint density at radius 3 is 0.890 bits per heavy atom. The van der Waals surface area contributed by atoms with Crippen molar-refractivity contribution < 1.29 is 28.6 Å². The number of hydrogen-bond acceptors (Lipinski definition) is 6. The Labute approximate surface area is 448 Å². The monoisotopic (exact) mass is 1010 g/mol. The van der Waals surface area contributed by atoms with Gasteiger partial charge < -0.3 is 14.2 Å². The number of carbonyl (C=O) groups excluding carboxylic acids is 3. The average Bonchev–Trinajstić information content (AvgIpc) is 3.39. The van der Waals surface area contributed by atoms with Crippen LogP contribution in [0.1, 0.15) is 239 Å². The van der Waals surface area contributed by atoms with Crippen LogP contribution in [0.5, 0.6) is 0 Å². The van der Waals surface area contributed by atoms with Crippen molar-refractivity contribution in [3.63, 3.8) is 0 Å². The molecular formula is C67H106O6. The Morgan fingerprint density at radius 2 is 0.562 bits per heavy atom. The summed E-state index contributed by atoms with van der Waals surface area (Å²) in [5.74, 6) is -1.04. The summed E-state index contributed by atoms with van der Waals surface area (Å²) in [6, 6.07) is 0. The van der Waals surface area contributed by atoms with Crippen LogP contribution in [0.2, 0.25) is 0 Å². The highest BCUT2D eigenvalue weighted by molar-refractivity contribution is 5.71. The van der Waals surface area contributed by atoms with E-state index in [4.69, 9.17) is 14.2 Å². The van der Waals surface area contributed by atoms with Crippen molar-refractivity contribution >= 4 is 17.9 Å². The maximum atomic E-state index is 12.8. The molecule has 0 unspecified atom stereocenters. The third-order valence-electron chi connectivity index (χ3n) is 11.8. The fourth-order valence-corrected chi connectivity index (χ4v) is 7.49. The van der Waals surface area contributed by atoms with E-state index in [0.717, 1.165) is 122 Å². The number of unbranched alkanes of at least 4 members (excludes halogenated alkanes) is 16. The lowest BCUT2D eigenvalue weighted by molar-refractivity contribution is -0.166. The molecule has 0 amide bonds. The van der Waals surface area contributed by atoms with E-state index in [2.05, 4.69) is 154 Å². The van der Waals surface area contributed by atoms with E-state index < -0.39 is 12.1 Å². The molecule has 0 radical (unpaired) electrons. The van der Waals surface area contributed by atoms with Crippen LogP contribution in [0.3, 0.4) is 0 Å². The molecule has 6 heteroatoms. The molecule has 0 aromatic rings. The lowest BCUT2D eigenvalue weighted by Crippen LogP contribution is -2.30. The van der Waals surface area contributed by atoms with Gasteiger partial charge in [-0.2, -0.15) is 0 Å². The van der Waals surface area contributed by atoms with Crippen LogP contribution in [-0.4, -0.2) is 37.2 Å². The highest BCUT2D eigenvalue weighted by atomic mass is 16.6. The number of carbonyl (C=O) groups is 3. The van der Waals surface area contributed by atoms with E-state index in [1.807, 2.05) is 12.2 Å². The van der Waals surface area contributed by atoms with Crippen molar-refractivity contribution in [2.75, 3.05) is 13.2 Å². The Bertz CT molecular complexity index is 1630. The molecule has 0 saturated heterocycles. The van der Waals surface area contributed by atoms with Crippen molar-refractivity contribution in [1.82, 2.24) is 0 Å². The summed E-state index contributed by atoms with van der Waals surface area (Å²) in [4.78, 5) is 38.2. The molecule has 0 saturated carbocycles. The largest absolute Gasteiger partial charge is 0.462 e. The Hall–Kier alpha value is -4.71. The zero-order valence-electron chi connectivity index (χ0n) is 46.8. The van der Waals surface area contributed by atoms with E-state index >= 15 is 0 Å². The quantitative estimate of drug-likeness (QED) is 0.0261. The summed E-state index contributed by atoms with van der Waals surface area (Å²) in [7, 11) is 0. The first-order valence-electron chi connectivity index (χ1n) is 29.3. The maximum absolute atomic E-state index is 12.8. The second-order valence-corrected chi connectivity index (χ2v) is 18.8. The van der Waals surface area contributed by atoms with Crippen LogP contribution in [0.4, 0.5) is 0 Å². The smallest absolute Gasteiger partial charge is 0.306 e. The first-order chi connectivity index (χ1) is 36.0. The number of esters is 3. The molecule has 0 spiro atoms. The van der Waals surface area contributed by atoms with Crippen LogP contribution in [0.25, 0.3) is 0 Å². The first kappa shape index (κ1) is 68.3. The van der Waals surface area contributed by atoms with Gasteiger partial charge >= 0.3 is 17.9 Å². The first-order valence-corrected chi connectivity index (χ1v) is 29.3. The minimum atomic E-state index is -0.838. The molecule has 410 valence electrons. The molecule has 0 aromatic carbocycles. The van der Waals surface area contributed by atoms with E-state index in [-0.39, 0.29) is 31.6 Å². The van der Waals surface area contributed by atoms with Gasteiger partial charge in [-0.15, -0.1) is 0 Å². The highest BCUT2D eigenvalue weighted by Gasteiger charge is 2.19. The molecule has 0 fully saturated rings. The second kappa shape index (κ2) is 59.8. The summed E-state index contributed by atoms with van der Waals surface area (Å²) >= 11 is 0. The molecule has 0 bridgehead atoms. The fraction of sp³-hybridized carbons (Fsp3) is 0.597. The summed E-state index contributed by atoms with van der Waals surface area (Å²) in [5.41, 5.74) is 0. The average molecular weight is 1010 g/mol. The highest BCUT2D eigenvalue weighted by Crippen LogP contribution is 2.14. The van der Waals surface area contributed by atoms with Gasteiger partial charge in [0.05, 0.1) is 0 Å². The summed E-state index contributed by atoms with van der Waals surface area (Å²) in [6.45, 7) is 6.29. The van der Waals surface area contributed by atoms with Gasteiger partial charge in [-0.1, -0.05) is 237 Å². The molecule has 0 heterocycles. The molecule has 0 rings (SSSR count). The number of ether oxygens (including phenoxy) is 3. The molecule has 0 aliphatic carbocycles. The predicted octanol–water partition coefficient (Wildman–Crippen LogP) is 20.0. The maximum Gasteiger partial charge on any atom is 0.306 e. The van der Waals surface area contributed by atoms with Gasteiger partial charge in [-0.25, -0.2) is 0 Å². The van der Waals surface area contributed by atoms with E-state index in [1.54, 1.807) is 0 Å². The standard InChI is InChI=1S/C67H106O6/c1-4-7-10-13-16-19-22-25-28-31-33-36-39-42-45-48-51-54-57-60-66(69)72-63-64(62-71-65(68)59-56-53-50-47-44-41-38-35-30-27-24-21-18-15-12-9-6-3)73-67(70)61-58-55-52-49-46-43-40-37-34-32-29-26-23-20-17-14-11-8-5-2/h8-9,11-12,16-21,25-30,34,37-38,41,43,46,52,55,64H,4-7,10,13-15,22-24,31-33,35-36,39-40,42,44-45,47-51,53-54,56-63H2,1-3H3/b11-8-,12-9-,19-16-,20-17-,21-18-,28-25-,29-26-,30-27-,37-34-,41-38-,46-43-,55-52-/t64-/m1/s1. The van der Waals surface area contributed by atoms with Gasteiger partial charge in [0.25, 0.3) is 0 Å². The lowest BCUT2D eigenvalue weighted by atomic mass is 10.1. The number of rotatable bonds is 51. The third-order valence-corrected chi connectivity index (χ3v) is 11.8. The van der Waals surface area contributed by atoms with Gasteiger partial charge in [-0.3, -0.25) is 14.4 Å². The van der Waals surface area contributed by atoms with Crippen molar-refractivity contribution in [1.29, 1.82) is 0 Å². The summed E-state index contributed by atoms with van der Waals surface area (Å²) < 4.78 is 16.8. The van der Waals surface area contributed by atoms with Crippen LogP contribution in [0.15, 0.2) is 146 Å². The van der Waals surface area contributed by atoms with Crippen molar-refractivity contribution in [2.24, 2.45) is 0 Å². The number of allylic oxidation sites excluding steroid dienone is 24. The van der Waals surface area contributed by atoms with Crippen LogP contribution >= 0.6 is 0 Å². The van der Waals surface area contributed by atoms with E-state index in [0.29, 0.717) is 19.3 Å². The van der Waals surface area contributed by atoms with Crippen LogP contribution < -0.4 is 0 Å². The van der Waals surface area contributed by atoms with E-state index in [1.165, 1.54) is 70.6 Å². The van der Waals surface area contributed by atoms with Crippen LogP contribution in [-0.2, 0) is 28.6 Å². The third kappa shape index (κ3) is 58.1. The van der Waals surface area contributed by atoms with Gasteiger partial charge in [0.15, 0.2) is 6.10 Å². The number of hydrogen-bond donors (Lipinski definition) is 0. The molecule has 73 heavy (non-hydrogen) atoms. The summed E-state index contributed by atoms with van der Waals surface area (Å²) in [5, 5.41) is 0. The van der Waals surface area contributed by atoms with Gasteiger partial charge in [0.2, 0.25) is 0 Å². The Morgan fingerprint density at radius 1 is 0.288 bits per heavy atom. The Kier molecular flexibility index (Phi) is 56.0. The molecule has 0 N–H and O–H groups in total. The van der Waals surface area contributed by atoms with Crippen molar-refractivity contribution in [3.8, 4) is 0 Å². The molecule has 6 nitrogen and oxygen atoms in total. The second-order valence-electron chi connectivity index (χ2n) is 18.8. The van der Waals surface area contributed by atoms with Crippen molar-refractivity contribution in [2.45, 2.75) is 245 Å². The predicted molar refractivity (Wildman–Crippen MR) is 315 cm³/mol. The molecule has 0 aliphatic heterocycles. The van der Waals surface area contributed by atoms with Gasteiger partial charge in [-0.05, 0) is 128 Å². The van der Waals surface area contributed by atoms with Crippen molar-refractivity contribution in [3.05, 3.63) is 146 Å². The zero-order valence-corrected chi connectivity index (χ0v) is 46.8. The molecular weight excluding hydrogens is 901 g/mol. The van der Waals surface area contributed by atoms with E-state index in [9.17, 15) is 14.4 Å². The topological polar surface area (TPSA) is 78.9 Å². The fourth-order valence-electron chi connectivity index (χ4n) is 7.49. The SMILES string of the molecule is CC/C=C\C/C=C\C/C=C\C/C=C\C/C=C\C/C=C\CCC(=O)O[C@H](COC(=O)CCCCCC/C=C\C/C=C\C/C=C\C/C=C\CC)COC(=O)CCCCCCCCCCC/C=C\C/C=C\CCCCC. The minimum absolute atomic E-state index is 0.124. The van der Waals surface area contributed by atoms with Gasteiger partial charge in [0.1, 0.15) is 13.2 Å². The summed E-state index contributed by atoms with van der Waals surface area (Å²) in [6.07, 6.45) is 85.6. The Balaban J connectivity index is 4.57. The van der Waals surface area contributed by atoms with Crippen LogP contribution in [0, 0.1) is 0 Å². The zero-order chi connectivity index (χ0) is 52.9. The molecule has 0 aliphatic rings. The van der Waals surface area contributed by atoms with Gasteiger partial charge in [0, 0.05) is 19.3 Å². The molecule has 0 aromatic heterocycles. The lowest BCUT2D eigenvalue weighted by Gasteiger charge is -2.18. The minimum Gasteiger partial charge on any atom is -0.462 e. The normalized spacial score (nSPS) is 13.2. The molecule has 1 atom stereocenters.